The largest absolute Gasteiger partial charge is 2.00 e. The summed E-state index contributed by atoms with van der Waals surface area (Å²) in [4.78, 5) is 6.37. The zero-order chi connectivity index (χ0) is 17.6. The van der Waals surface area contributed by atoms with Gasteiger partial charge >= 0.3 is 21.1 Å². The molecular weight excluding hydrogens is 523 g/mol. The Bertz CT molecular complexity index is 308. The van der Waals surface area contributed by atoms with Crippen molar-refractivity contribution in [3.8, 4) is 0 Å². The maximum absolute atomic E-state index is 11.4. The van der Waals surface area contributed by atoms with Gasteiger partial charge in [-0.25, -0.2) is 0 Å². The maximum atomic E-state index is 11.4. The molecule has 0 saturated carbocycles. The van der Waals surface area contributed by atoms with Gasteiger partial charge in [0.1, 0.15) is 6.08 Å². The second-order valence-electron chi connectivity index (χ2n) is 6.90. The molecule has 0 aliphatic rings. The third-order valence-corrected chi connectivity index (χ3v) is 3.37. The van der Waals surface area contributed by atoms with Crippen molar-refractivity contribution in [1.29, 1.82) is 0 Å². The Kier molecular flexibility index (Phi) is 22.6. The number of nitrogens with zero attached hydrogens (tertiary/aromatic N) is 2. The molecule has 25 heavy (non-hydrogen) atoms. The topological polar surface area (TPSA) is 99.9 Å². The summed E-state index contributed by atoms with van der Waals surface area (Å²) in [5.41, 5.74) is 10.7. The van der Waals surface area contributed by atoms with Crippen LogP contribution in [-0.2, 0) is 25.8 Å². The van der Waals surface area contributed by atoms with E-state index in [-0.39, 0.29) is 33.5 Å². The number of rotatable bonds is 13. The van der Waals surface area contributed by atoms with E-state index in [0.717, 1.165) is 64.8 Å². The molecule has 154 valence electrons. The molecular formula is C17H37ClN4O2Pt. The summed E-state index contributed by atoms with van der Waals surface area (Å²) in [6.45, 7) is 10.8. The van der Waals surface area contributed by atoms with Crippen molar-refractivity contribution < 1.29 is 43.3 Å². The van der Waals surface area contributed by atoms with Crippen LogP contribution in [0.4, 0.5) is 0 Å². The summed E-state index contributed by atoms with van der Waals surface area (Å²) in [5, 5.41) is 11.4. The van der Waals surface area contributed by atoms with Gasteiger partial charge in [-0.2, -0.15) is 0 Å². The molecule has 0 atom stereocenters. The number of aliphatic imine (C=N–C) groups is 1. The Morgan fingerprint density at radius 2 is 1.40 bits per heavy atom. The number of hydrogen-bond acceptors (Lipinski definition) is 6. The van der Waals surface area contributed by atoms with Crippen molar-refractivity contribution in [1.82, 2.24) is 4.90 Å². The van der Waals surface area contributed by atoms with Gasteiger partial charge in [-0.15, -0.1) is 0 Å². The zero-order valence-electron chi connectivity index (χ0n) is 16.0. The molecule has 0 aromatic heterocycles. The second-order valence-corrected chi connectivity index (χ2v) is 6.90. The quantitative estimate of drug-likeness (QED) is 0.156. The molecule has 0 saturated heterocycles. The Balaban J connectivity index is -0.00000242. The zero-order valence-corrected chi connectivity index (χ0v) is 19.1. The molecule has 0 aromatic rings. The van der Waals surface area contributed by atoms with Crippen LogP contribution in [0.2, 0.25) is 0 Å². The van der Waals surface area contributed by atoms with Gasteiger partial charge in [-0.3, -0.25) is 4.99 Å². The molecule has 0 aliphatic carbocycles. The maximum Gasteiger partial charge on any atom is 2.00 e. The van der Waals surface area contributed by atoms with Gasteiger partial charge in [-0.1, -0.05) is 33.6 Å². The summed E-state index contributed by atoms with van der Waals surface area (Å²) in [7, 11) is 0. The number of unbranched alkanes of at least 4 members (excludes halogenated alkanes) is 3. The molecule has 0 amide bonds. The number of halogens is 1. The first-order chi connectivity index (χ1) is 10.9. The Morgan fingerprint density at radius 1 is 0.920 bits per heavy atom. The van der Waals surface area contributed by atoms with Crippen molar-refractivity contribution >= 4 is 6.08 Å². The Morgan fingerprint density at radius 3 is 1.88 bits per heavy atom. The predicted molar refractivity (Wildman–Crippen MR) is 95.4 cm³/mol. The average Bonchev–Trinajstić information content (AvgIpc) is 2.46. The van der Waals surface area contributed by atoms with E-state index >= 15 is 0 Å². The van der Waals surface area contributed by atoms with Gasteiger partial charge in [0.2, 0.25) is 0 Å². The molecule has 0 fully saturated rings. The molecule has 0 aromatic carbocycles. The van der Waals surface area contributed by atoms with Crippen molar-refractivity contribution in [2.24, 2.45) is 16.5 Å². The summed E-state index contributed by atoms with van der Waals surface area (Å²) in [6.07, 6.45) is 5.98. The SMILES string of the molecule is CC(C)(C)OC([O-])=NCCCCCCN(CCCN)CCCN.[Cl-].[Pt+2]. The smallest absolute Gasteiger partial charge is 1.00 e. The summed E-state index contributed by atoms with van der Waals surface area (Å²) in [5.74, 6) is 0. The van der Waals surface area contributed by atoms with Gasteiger partial charge in [0, 0.05) is 12.1 Å². The van der Waals surface area contributed by atoms with E-state index < -0.39 is 11.7 Å². The van der Waals surface area contributed by atoms with Crippen LogP contribution >= 0.6 is 0 Å². The third-order valence-electron chi connectivity index (χ3n) is 3.37. The van der Waals surface area contributed by atoms with Crippen molar-refractivity contribution in [3.63, 3.8) is 0 Å². The van der Waals surface area contributed by atoms with Crippen LogP contribution in [0, 0.1) is 0 Å². The van der Waals surface area contributed by atoms with Crippen LogP contribution in [0.1, 0.15) is 59.3 Å². The number of ether oxygens (including phenoxy) is 1. The first kappa shape index (κ1) is 29.9. The second kappa shape index (κ2) is 18.9. The Labute approximate surface area is 174 Å². The molecule has 0 bridgehead atoms. The van der Waals surface area contributed by atoms with Crippen LogP contribution < -0.4 is 29.0 Å². The van der Waals surface area contributed by atoms with Crippen LogP contribution in [0.15, 0.2) is 4.99 Å². The van der Waals surface area contributed by atoms with E-state index in [0.29, 0.717) is 6.54 Å². The van der Waals surface area contributed by atoms with Gasteiger partial charge < -0.3 is 38.6 Å². The van der Waals surface area contributed by atoms with Crippen molar-refractivity contribution in [2.75, 3.05) is 39.3 Å². The molecule has 0 spiro atoms. The third kappa shape index (κ3) is 22.1. The monoisotopic (exact) mass is 559 g/mol. The van der Waals surface area contributed by atoms with E-state index in [1.165, 1.54) is 6.42 Å². The number of nitrogens with two attached hydrogens (primary N) is 2. The molecule has 0 unspecified atom stereocenters. The molecule has 6 nitrogen and oxygen atoms in total. The van der Waals surface area contributed by atoms with Crippen LogP contribution in [-0.4, -0.2) is 55.9 Å². The van der Waals surface area contributed by atoms with Crippen LogP contribution in [0.3, 0.4) is 0 Å². The molecule has 0 radical (unpaired) electrons. The molecule has 0 rings (SSSR count). The van der Waals surface area contributed by atoms with E-state index in [1.54, 1.807) is 0 Å². The minimum absolute atomic E-state index is 0. The summed E-state index contributed by atoms with van der Waals surface area (Å²) in [6, 6.07) is 0. The van der Waals surface area contributed by atoms with Crippen LogP contribution in [0.5, 0.6) is 0 Å². The average molecular weight is 560 g/mol. The standard InChI is InChI=1S/C17H38N4O2.ClH.Pt/c1-17(2,3)23-16(22)20-12-6-4-5-7-13-21(14-8-10-18)15-9-11-19;;/h4-15,18-19H2,1-3H3,(H,20,22);1H;/q;;+2/p-2. The Hall–Kier alpha value is 0.128. The minimum atomic E-state index is -0.461. The fourth-order valence-electron chi connectivity index (χ4n) is 2.23. The predicted octanol–water partition coefficient (Wildman–Crippen LogP) is -1.92. The normalized spacial score (nSPS) is 11.8. The van der Waals surface area contributed by atoms with Crippen molar-refractivity contribution in [2.45, 2.75) is 64.9 Å². The minimum Gasteiger partial charge on any atom is -1.00 e. The van der Waals surface area contributed by atoms with Crippen molar-refractivity contribution in [3.05, 3.63) is 0 Å². The van der Waals surface area contributed by atoms with Gasteiger partial charge in [0.25, 0.3) is 0 Å². The first-order valence-electron chi connectivity index (χ1n) is 8.92. The molecule has 0 aliphatic heterocycles. The van der Waals surface area contributed by atoms with Crippen LogP contribution in [0.25, 0.3) is 0 Å². The van der Waals surface area contributed by atoms with Gasteiger partial charge in [0.15, 0.2) is 0 Å². The van der Waals surface area contributed by atoms with E-state index in [9.17, 15) is 5.11 Å². The van der Waals surface area contributed by atoms with Gasteiger partial charge in [0.05, 0.1) is 0 Å². The van der Waals surface area contributed by atoms with E-state index in [2.05, 4.69) is 9.89 Å². The van der Waals surface area contributed by atoms with Gasteiger partial charge in [-0.05, 0) is 58.4 Å². The summed E-state index contributed by atoms with van der Waals surface area (Å²) >= 11 is 0. The molecule has 8 heteroatoms. The van der Waals surface area contributed by atoms with E-state index in [1.807, 2.05) is 20.8 Å². The number of hydrogen-bond donors (Lipinski definition) is 2. The summed E-state index contributed by atoms with van der Waals surface area (Å²) < 4.78 is 5.14. The first-order valence-corrected chi connectivity index (χ1v) is 8.92. The fraction of sp³-hybridized carbons (Fsp3) is 0.941. The fourth-order valence-corrected chi connectivity index (χ4v) is 2.23. The van der Waals surface area contributed by atoms with E-state index in [4.69, 9.17) is 16.2 Å². The molecule has 4 N–H and O–H groups in total. The molecule has 0 heterocycles.